The molecular formula is C30H42BrN3O4S. The highest BCUT2D eigenvalue weighted by atomic mass is 79.9. The van der Waals surface area contributed by atoms with Crippen molar-refractivity contribution in [3.05, 3.63) is 58.7 Å². The number of carbonyl (C=O) groups is 1. The van der Waals surface area contributed by atoms with Gasteiger partial charge in [0.1, 0.15) is 11.6 Å². The standard InChI is InChI=1S/C30H42BrN3O4S/c1-9-12-19-17-34(28(32-31)26(19)21-13-10-11-14-24(21)33-39(8,37)38)18-25(35)20-15-22(29(2,3)4)27(36)23(16-20)30(5,6)7/h10-11,13-16,19,26,33,36H,9,12,17-18H2,1-8H3/b32-28-/t19-,26-/m0/s1. The largest absolute Gasteiger partial charge is 0.507 e. The third-order valence-electron chi connectivity index (χ3n) is 7.25. The Kier molecular flexibility index (Phi) is 9.27. The van der Waals surface area contributed by atoms with Crippen LogP contribution in [0.25, 0.3) is 0 Å². The van der Waals surface area contributed by atoms with Gasteiger partial charge in [0.25, 0.3) is 0 Å². The summed E-state index contributed by atoms with van der Waals surface area (Å²) in [5, 5.41) is 11.1. The number of nitrogens with zero attached hydrogens (tertiary/aromatic N) is 2. The summed E-state index contributed by atoms with van der Waals surface area (Å²) >= 11 is 3.31. The van der Waals surface area contributed by atoms with Crippen LogP contribution in [0.15, 0.2) is 40.4 Å². The Morgan fingerprint density at radius 2 is 1.67 bits per heavy atom. The van der Waals surface area contributed by atoms with E-state index < -0.39 is 10.0 Å². The second-order valence-corrected chi connectivity index (χ2v) is 14.8. The molecule has 1 aliphatic heterocycles. The topological polar surface area (TPSA) is 99.1 Å². The van der Waals surface area contributed by atoms with E-state index in [0.29, 0.717) is 23.6 Å². The lowest BCUT2D eigenvalue weighted by Gasteiger charge is -2.28. The van der Waals surface area contributed by atoms with Crippen molar-refractivity contribution in [3.63, 3.8) is 0 Å². The maximum absolute atomic E-state index is 13.8. The molecule has 0 amide bonds. The van der Waals surface area contributed by atoms with E-state index in [9.17, 15) is 18.3 Å². The maximum atomic E-state index is 13.8. The van der Waals surface area contributed by atoms with E-state index in [1.165, 1.54) is 0 Å². The number of anilines is 1. The quantitative estimate of drug-likeness (QED) is 0.318. The van der Waals surface area contributed by atoms with Gasteiger partial charge in [-0.1, -0.05) is 73.1 Å². The van der Waals surface area contributed by atoms with Crippen molar-refractivity contribution >= 4 is 43.5 Å². The zero-order chi connectivity index (χ0) is 29.3. The van der Waals surface area contributed by atoms with Gasteiger partial charge in [0.05, 0.1) is 34.6 Å². The van der Waals surface area contributed by atoms with E-state index in [4.69, 9.17) is 0 Å². The van der Waals surface area contributed by atoms with Gasteiger partial charge < -0.3 is 10.0 Å². The summed E-state index contributed by atoms with van der Waals surface area (Å²) in [6, 6.07) is 11.0. The molecule has 0 aliphatic carbocycles. The van der Waals surface area contributed by atoms with E-state index in [1.54, 1.807) is 12.1 Å². The lowest BCUT2D eigenvalue weighted by atomic mass is 9.78. The minimum atomic E-state index is -3.48. The van der Waals surface area contributed by atoms with Gasteiger partial charge >= 0.3 is 0 Å². The van der Waals surface area contributed by atoms with Crippen molar-refractivity contribution < 1.29 is 18.3 Å². The predicted octanol–water partition coefficient (Wildman–Crippen LogP) is 6.77. The lowest BCUT2D eigenvalue weighted by molar-refractivity contribution is 0.0963. The summed E-state index contributed by atoms with van der Waals surface area (Å²) in [6.07, 6.45) is 2.99. The number of sulfonamides is 1. The molecule has 1 heterocycles. The van der Waals surface area contributed by atoms with Gasteiger partial charge in [-0.3, -0.25) is 9.52 Å². The number of phenolic OH excluding ortho intramolecular Hbond substituents is 1. The number of nitrogens with one attached hydrogen (secondary N) is 1. The first-order valence-corrected chi connectivity index (χ1v) is 16.0. The first kappa shape index (κ1) is 31.1. The van der Waals surface area contributed by atoms with Crippen LogP contribution in [0.2, 0.25) is 0 Å². The van der Waals surface area contributed by atoms with Crippen molar-refractivity contribution in [2.45, 2.75) is 78.1 Å². The van der Waals surface area contributed by atoms with Gasteiger partial charge in [-0.15, -0.1) is 0 Å². The summed E-state index contributed by atoms with van der Waals surface area (Å²) in [7, 11) is -3.48. The number of hydrogen-bond donors (Lipinski definition) is 2. The fourth-order valence-electron chi connectivity index (χ4n) is 5.43. The summed E-state index contributed by atoms with van der Waals surface area (Å²) in [5.74, 6) is 0.858. The van der Waals surface area contributed by atoms with Crippen LogP contribution in [0.4, 0.5) is 5.69 Å². The molecule has 2 aromatic carbocycles. The zero-order valence-electron chi connectivity index (χ0n) is 24.3. The van der Waals surface area contributed by atoms with Crippen LogP contribution >= 0.6 is 16.1 Å². The SMILES string of the molecule is CCC[C@H]1CN(CC(=O)c2cc(C(C)(C)C)c(O)c(C(C)(C)C)c2)/C(=N\Br)[C@@H]1c1ccccc1NS(C)(=O)=O. The molecule has 214 valence electrons. The predicted molar refractivity (Wildman–Crippen MR) is 164 cm³/mol. The molecule has 2 aromatic rings. The van der Waals surface area contributed by atoms with Crippen LogP contribution in [0.3, 0.4) is 0 Å². The number of benzene rings is 2. The number of phenols is 1. The average molecular weight is 621 g/mol. The minimum Gasteiger partial charge on any atom is -0.507 e. The second-order valence-electron chi connectivity index (χ2n) is 12.7. The van der Waals surface area contributed by atoms with E-state index >= 15 is 0 Å². The molecule has 0 radical (unpaired) electrons. The molecule has 3 rings (SSSR count). The monoisotopic (exact) mass is 619 g/mol. The van der Waals surface area contributed by atoms with Gasteiger partial charge in [-0.05, 0) is 46.9 Å². The van der Waals surface area contributed by atoms with Gasteiger partial charge in [-0.2, -0.15) is 4.02 Å². The lowest BCUT2D eigenvalue weighted by Crippen LogP contribution is -2.33. The molecular weight excluding hydrogens is 578 g/mol. The number of amidine groups is 1. The fourth-order valence-corrected chi connectivity index (χ4v) is 6.46. The number of para-hydroxylation sites is 1. The summed E-state index contributed by atoms with van der Waals surface area (Å²) in [6.45, 7) is 15.0. The Morgan fingerprint density at radius 1 is 1.10 bits per heavy atom. The number of hydrogen-bond acceptors (Lipinski definition) is 5. The highest BCUT2D eigenvalue weighted by Gasteiger charge is 2.41. The number of carbonyl (C=O) groups excluding carboxylic acids is 1. The molecule has 1 fully saturated rings. The van der Waals surface area contributed by atoms with Crippen LogP contribution in [0, 0.1) is 5.92 Å². The van der Waals surface area contributed by atoms with Crippen molar-refractivity contribution in [1.82, 2.24) is 4.90 Å². The molecule has 0 spiro atoms. The highest BCUT2D eigenvalue weighted by molar-refractivity contribution is 9.08. The number of ketones is 1. The number of likely N-dealkylation sites (tertiary alicyclic amines) is 1. The number of aromatic hydroxyl groups is 1. The highest BCUT2D eigenvalue weighted by Crippen LogP contribution is 2.42. The molecule has 2 N–H and O–H groups in total. The number of halogens is 1. The van der Waals surface area contributed by atoms with Crippen molar-refractivity contribution in [3.8, 4) is 5.75 Å². The second kappa shape index (κ2) is 11.6. The van der Waals surface area contributed by atoms with Crippen molar-refractivity contribution in [1.29, 1.82) is 0 Å². The molecule has 1 saturated heterocycles. The Bertz CT molecular complexity index is 1320. The number of rotatable bonds is 8. The summed E-state index contributed by atoms with van der Waals surface area (Å²) in [4.78, 5) is 15.8. The zero-order valence-corrected chi connectivity index (χ0v) is 26.7. The van der Waals surface area contributed by atoms with Crippen molar-refractivity contribution in [2.75, 3.05) is 24.1 Å². The smallest absolute Gasteiger partial charge is 0.229 e. The van der Waals surface area contributed by atoms with Gasteiger partial charge in [0.2, 0.25) is 10.0 Å². The maximum Gasteiger partial charge on any atom is 0.229 e. The summed E-state index contributed by atoms with van der Waals surface area (Å²) < 4.78 is 31.3. The normalized spacial score (nSPS) is 19.5. The van der Waals surface area contributed by atoms with Crippen LogP contribution in [-0.2, 0) is 20.9 Å². The molecule has 0 unspecified atom stereocenters. The first-order valence-electron chi connectivity index (χ1n) is 13.4. The Labute approximate surface area is 242 Å². The van der Waals surface area contributed by atoms with E-state index in [0.717, 1.165) is 35.8 Å². The third-order valence-corrected chi connectivity index (χ3v) is 8.20. The fraction of sp³-hybridized carbons (Fsp3) is 0.533. The van der Waals surface area contributed by atoms with Crippen LogP contribution in [0.1, 0.15) is 94.3 Å². The van der Waals surface area contributed by atoms with E-state index in [-0.39, 0.29) is 40.7 Å². The Morgan fingerprint density at radius 3 is 2.15 bits per heavy atom. The molecule has 39 heavy (non-hydrogen) atoms. The molecule has 0 aromatic heterocycles. The average Bonchev–Trinajstić information content (AvgIpc) is 3.13. The third kappa shape index (κ3) is 7.23. The molecule has 2 atom stereocenters. The van der Waals surface area contributed by atoms with Gasteiger partial charge in [0, 0.05) is 29.2 Å². The first-order chi connectivity index (χ1) is 18.0. The van der Waals surface area contributed by atoms with Crippen LogP contribution in [-0.4, -0.2) is 49.4 Å². The molecule has 0 bridgehead atoms. The van der Waals surface area contributed by atoms with Gasteiger partial charge in [0.15, 0.2) is 5.78 Å². The molecule has 1 aliphatic rings. The minimum absolute atomic E-state index is 0.0573. The molecule has 7 nitrogen and oxygen atoms in total. The van der Waals surface area contributed by atoms with E-state index in [1.807, 2.05) is 70.7 Å². The Balaban J connectivity index is 2.03. The Hall–Kier alpha value is -2.39. The van der Waals surface area contributed by atoms with Crippen molar-refractivity contribution in [2.24, 2.45) is 9.94 Å². The van der Waals surface area contributed by atoms with Crippen LogP contribution < -0.4 is 4.72 Å². The van der Waals surface area contributed by atoms with Crippen LogP contribution in [0.5, 0.6) is 5.75 Å². The van der Waals surface area contributed by atoms with Gasteiger partial charge in [-0.25, -0.2) is 8.42 Å². The molecule has 0 saturated carbocycles. The molecule has 9 heteroatoms. The van der Waals surface area contributed by atoms with E-state index in [2.05, 4.69) is 31.8 Å². The number of Topliss-reactive ketones (excluding diaryl/α,β-unsaturated/α-hetero) is 1. The summed E-state index contributed by atoms with van der Waals surface area (Å²) in [5.41, 5.74) is 2.73.